The smallest absolute Gasteiger partial charge is 0.139 e. The fourth-order valence-corrected chi connectivity index (χ4v) is 0.273. The molecule has 0 saturated heterocycles. The standard InChI is InChI=1S/C5H7N3O/c1-8-5(7)4(2-6)3-9/h3,9H,1H3,(H2,7,8)/b4-3+. The summed E-state index contributed by atoms with van der Waals surface area (Å²) >= 11 is 0. The molecule has 9 heavy (non-hydrogen) atoms. The summed E-state index contributed by atoms with van der Waals surface area (Å²) in [6.07, 6.45) is 0.627. The molecule has 48 valence electrons. The molecule has 4 nitrogen and oxygen atoms in total. The first-order valence-corrected chi connectivity index (χ1v) is 2.23. The van der Waals surface area contributed by atoms with Gasteiger partial charge in [-0.1, -0.05) is 0 Å². The molecule has 0 aliphatic carbocycles. The predicted molar refractivity (Wildman–Crippen MR) is 33.9 cm³/mol. The highest BCUT2D eigenvalue weighted by Crippen LogP contribution is 1.87. The number of nitrogens with two attached hydrogens (primary N) is 1. The Balaban J connectivity index is 4.39. The Hall–Kier alpha value is -1.50. The minimum absolute atomic E-state index is 0.0162. The Labute approximate surface area is 52.9 Å². The van der Waals surface area contributed by atoms with Gasteiger partial charge in [-0.2, -0.15) is 5.26 Å². The zero-order valence-corrected chi connectivity index (χ0v) is 5.00. The first kappa shape index (κ1) is 7.50. The maximum Gasteiger partial charge on any atom is 0.139 e. The number of aliphatic hydroxyl groups is 1. The molecule has 0 aliphatic heterocycles. The van der Waals surface area contributed by atoms with Gasteiger partial charge in [0.15, 0.2) is 0 Å². The van der Waals surface area contributed by atoms with Gasteiger partial charge in [0, 0.05) is 7.05 Å². The van der Waals surface area contributed by atoms with E-state index in [4.69, 9.17) is 16.1 Å². The Bertz CT molecular complexity index is 187. The van der Waals surface area contributed by atoms with Crippen LogP contribution in [-0.2, 0) is 0 Å². The van der Waals surface area contributed by atoms with Gasteiger partial charge in [0.05, 0.1) is 0 Å². The number of aliphatic hydroxyl groups excluding tert-OH is 1. The first-order valence-electron chi connectivity index (χ1n) is 2.23. The maximum absolute atomic E-state index is 8.28. The van der Waals surface area contributed by atoms with Gasteiger partial charge < -0.3 is 10.8 Å². The molecule has 3 N–H and O–H groups in total. The van der Waals surface area contributed by atoms with Crippen LogP contribution in [0.4, 0.5) is 0 Å². The van der Waals surface area contributed by atoms with E-state index in [0.717, 1.165) is 0 Å². The van der Waals surface area contributed by atoms with Crippen LogP contribution in [0.25, 0.3) is 0 Å². The van der Waals surface area contributed by atoms with E-state index in [0.29, 0.717) is 6.26 Å². The Morgan fingerprint density at radius 3 is 2.56 bits per heavy atom. The minimum Gasteiger partial charge on any atom is -0.514 e. The predicted octanol–water partition coefficient (Wildman–Crippen LogP) is -0.0611. The van der Waals surface area contributed by atoms with Crippen molar-refractivity contribution < 1.29 is 5.11 Å². The van der Waals surface area contributed by atoms with E-state index in [-0.39, 0.29) is 11.4 Å². The van der Waals surface area contributed by atoms with E-state index in [9.17, 15) is 0 Å². The van der Waals surface area contributed by atoms with Gasteiger partial charge in [-0.15, -0.1) is 0 Å². The highest BCUT2D eigenvalue weighted by molar-refractivity contribution is 6.00. The zero-order valence-electron chi connectivity index (χ0n) is 5.00. The van der Waals surface area contributed by atoms with Crippen LogP contribution in [0, 0.1) is 11.3 Å². The average molecular weight is 125 g/mol. The normalized spacial score (nSPS) is 12.9. The second-order valence-corrected chi connectivity index (χ2v) is 1.26. The van der Waals surface area contributed by atoms with Crippen LogP contribution >= 0.6 is 0 Å². The quantitative estimate of drug-likeness (QED) is 0.223. The molecule has 0 radical (unpaired) electrons. The SMILES string of the molecule is CN=C(N)/C(C#N)=C/O. The number of nitrogens with zero attached hydrogens (tertiary/aromatic N) is 2. The van der Waals surface area contributed by atoms with Gasteiger partial charge in [-0.25, -0.2) is 0 Å². The van der Waals surface area contributed by atoms with Crippen molar-refractivity contribution in [3.05, 3.63) is 11.8 Å². The minimum atomic E-state index is -0.0162. The number of aliphatic imine (C=N–C) groups is 1. The molecule has 0 aliphatic rings. The molecule has 0 aromatic rings. The third kappa shape index (κ3) is 1.82. The molecule has 0 unspecified atom stereocenters. The van der Waals surface area contributed by atoms with Crippen molar-refractivity contribution in [2.24, 2.45) is 10.7 Å². The van der Waals surface area contributed by atoms with E-state index in [1.165, 1.54) is 7.05 Å². The van der Waals surface area contributed by atoms with Crippen molar-refractivity contribution in [2.45, 2.75) is 0 Å². The van der Waals surface area contributed by atoms with Crippen LogP contribution in [0.2, 0.25) is 0 Å². The van der Waals surface area contributed by atoms with Crippen molar-refractivity contribution >= 4 is 5.84 Å². The number of rotatable bonds is 1. The third-order valence-electron chi connectivity index (χ3n) is 0.766. The van der Waals surface area contributed by atoms with Crippen LogP contribution in [0.1, 0.15) is 0 Å². The van der Waals surface area contributed by atoms with Crippen LogP contribution in [0.3, 0.4) is 0 Å². The van der Waals surface area contributed by atoms with Crippen LogP contribution < -0.4 is 5.73 Å². The van der Waals surface area contributed by atoms with Crippen molar-refractivity contribution in [3.8, 4) is 6.07 Å². The number of amidine groups is 1. The number of hydrogen-bond acceptors (Lipinski definition) is 3. The van der Waals surface area contributed by atoms with Crippen molar-refractivity contribution in [1.82, 2.24) is 0 Å². The van der Waals surface area contributed by atoms with E-state index < -0.39 is 0 Å². The summed E-state index contributed by atoms with van der Waals surface area (Å²) in [5.41, 5.74) is 5.12. The van der Waals surface area contributed by atoms with Gasteiger partial charge in [0.2, 0.25) is 0 Å². The number of hydrogen-bond donors (Lipinski definition) is 2. The molecule has 0 aromatic heterocycles. The summed E-state index contributed by atoms with van der Waals surface area (Å²) in [5, 5.41) is 16.5. The summed E-state index contributed by atoms with van der Waals surface area (Å²) in [7, 11) is 1.44. The maximum atomic E-state index is 8.28. The molecular weight excluding hydrogens is 118 g/mol. The average Bonchev–Trinajstić information content (AvgIpc) is 1.90. The fraction of sp³-hybridized carbons (Fsp3) is 0.200. The Kier molecular flexibility index (Phi) is 2.91. The summed E-state index contributed by atoms with van der Waals surface area (Å²) in [5.74, 6) is 0.0417. The second-order valence-electron chi connectivity index (χ2n) is 1.26. The molecule has 0 atom stereocenters. The zero-order chi connectivity index (χ0) is 7.28. The molecule has 0 fully saturated rings. The van der Waals surface area contributed by atoms with Crippen LogP contribution in [-0.4, -0.2) is 18.0 Å². The molecule has 0 amide bonds. The van der Waals surface area contributed by atoms with E-state index in [1.54, 1.807) is 6.07 Å². The van der Waals surface area contributed by atoms with E-state index in [2.05, 4.69) is 4.99 Å². The van der Waals surface area contributed by atoms with Crippen molar-refractivity contribution in [3.63, 3.8) is 0 Å². The van der Waals surface area contributed by atoms with Crippen LogP contribution in [0.5, 0.6) is 0 Å². The summed E-state index contributed by atoms with van der Waals surface area (Å²) < 4.78 is 0. The highest BCUT2D eigenvalue weighted by atomic mass is 16.2. The molecule has 0 heterocycles. The largest absolute Gasteiger partial charge is 0.514 e. The van der Waals surface area contributed by atoms with Crippen molar-refractivity contribution in [1.29, 1.82) is 5.26 Å². The lowest BCUT2D eigenvalue weighted by Crippen LogP contribution is -2.13. The lowest BCUT2D eigenvalue weighted by atomic mass is 10.3. The van der Waals surface area contributed by atoms with Gasteiger partial charge in [0.25, 0.3) is 0 Å². The molecule has 0 aromatic carbocycles. The van der Waals surface area contributed by atoms with Crippen LogP contribution in [0.15, 0.2) is 16.8 Å². The van der Waals surface area contributed by atoms with Gasteiger partial charge in [0.1, 0.15) is 23.7 Å². The monoisotopic (exact) mass is 125 g/mol. The molecule has 0 bridgehead atoms. The number of nitriles is 1. The molecule has 0 spiro atoms. The van der Waals surface area contributed by atoms with E-state index >= 15 is 0 Å². The van der Waals surface area contributed by atoms with E-state index in [1.807, 2.05) is 0 Å². The fourth-order valence-electron chi connectivity index (χ4n) is 0.273. The lowest BCUT2D eigenvalue weighted by molar-refractivity contribution is 0.472. The third-order valence-corrected chi connectivity index (χ3v) is 0.766. The Morgan fingerprint density at radius 1 is 1.89 bits per heavy atom. The van der Waals surface area contributed by atoms with Gasteiger partial charge >= 0.3 is 0 Å². The molecular formula is C5H7N3O. The topological polar surface area (TPSA) is 82.4 Å². The lowest BCUT2D eigenvalue weighted by Gasteiger charge is -1.90. The Morgan fingerprint density at radius 2 is 2.44 bits per heavy atom. The summed E-state index contributed by atoms with van der Waals surface area (Å²) in [6.45, 7) is 0. The molecule has 4 heteroatoms. The summed E-state index contributed by atoms with van der Waals surface area (Å²) in [6, 6.07) is 1.66. The highest BCUT2D eigenvalue weighted by Gasteiger charge is 1.97. The van der Waals surface area contributed by atoms with Crippen molar-refractivity contribution in [2.75, 3.05) is 7.05 Å². The second kappa shape index (κ2) is 3.50. The molecule has 0 rings (SSSR count). The molecule has 0 saturated carbocycles. The van der Waals surface area contributed by atoms with Gasteiger partial charge in [-0.3, -0.25) is 4.99 Å². The first-order chi connectivity index (χ1) is 4.26. The van der Waals surface area contributed by atoms with Gasteiger partial charge in [-0.05, 0) is 0 Å². The summed E-state index contributed by atoms with van der Waals surface area (Å²) in [4.78, 5) is 3.47.